The smallest absolute Gasteiger partial charge is 0.338 e. The van der Waals surface area contributed by atoms with E-state index in [1.54, 1.807) is 62.4 Å². The number of carbonyl (C=O) groups is 6. The highest BCUT2D eigenvalue weighted by Crippen LogP contribution is 2.47. The number of benzene rings is 2. The van der Waals surface area contributed by atoms with Gasteiger partial charge < -0.3 is 51.3 Å². The number of rotatable bonds is 27. The highest BCUT2D eigenvalue weighted by molar-refractivity contribution is 5.93. The molecule has 0 aliphatic heterocycles. The zero-order valence-corrected chi connectivity index (χ0v) is 50.5. The number of carbonyl (C=O) groups excluding carboxylic acids is 6. The number of unbranched alkanes of at least 4 members (excludes halogenated alkanes) is 11. The summed E-state index contributed by atoms with van der Waals surface area (Å²) in [6.07, 6.45) is 17.2. The molecule has 2 aromatic heterocycles. The van der Waals surface area contributed by atoms with Crippen LogP contribution in [0.25, 0.3) is 0 Å². The lowest BCUT2D eigenvalue weighted by Crippen LogP contribution is -2.51. The number of H-pyrrole nitrogens is 2. The maximum atomic E-state index is 13.1. The van der Waals surface area contributed by atoms with Crippen LogP contribution in [0.5, 0.6) is 0 Å². The molecule has 2 saturated carbocycles. The van der Waals surface area contributed by atoms with Crippen LogP contribution in [-0.2, 0) is 9.47 Å². The summed E-state index contributed by atoms with van der Waals surface area (Å²) in [4.78, 5) is 114. The number of nitrogens with one attached hydrogen (secondary N) is 10. The van der Waals surface area contributed by atoms with Gasteiger partial charge in [-0.2, -0.15) is 9.97 Å². The number of amides is 8. The highest BCUT2D eigenvalue weighted by atomic mass is 16.5. The van der Waals surface area contributed by atoms with Crippen molar-refractivity contribution in [3.8, 4) is 0 Å². The quantitative estimate of drug-likeness (QED) is 0.0197. The summed E-state index contributed by atoms with van der Waals surface area (Å²) >= 11 is 0. The Morgan fingerprint density at radius 3 is 1.14 bits per heavy atom. The molecule has 8 amide bonds. The molecule has 2 aliphatic rings. The van der Waals surface area contributed by atoms with E-state index in [0.29, 0.717) is 73.0 Å². The Morgan fingerprint density at radius 1 is 0.476 bits per heavy atom. The van der Waals surface area contributed by atoms with Crippen LogP contribution in [0.2, 0.25) is 0 Å². The van der Waals surface area contributed by atoms with Gasteiger partial charge in [0.05, 0.1) is 24.3 Å². The number of esters is 2. The minimum atomic E-state index is -0.480. The number of hydrogen-bond acceptors (Lipinski definition) is 12. The Bertz CT molecular complexity index is 2780. The van der Waals surface area contributed by atoms with Gasteiger partial charge in [0.2, 0.25) is 11.9 Å². The third kappa shape index (κ3) is 23.1. The minimum absolute atomic E-state index is 0.0731. The average Bonchev–Trinajstić information content (AvgIpc) is 3.23. The Morgan fingerprint density at radius 2 is 0.810 bits per heavy atom. The molecule has 2 aromatic carbocycles. The normalized spacial score (nSPS) is 19.6. The molecule has 4 unspecified atom stereocenters. The van der Waals surface area contributed by atoms with Crippen LogP contribution < -0.4 is 53.7 Å². The largest absolute Gasteiger partial charge is 0.462 e. The van der Waals surface area contributed by atoms with Crippen molar-refractivity contribution in [2.24, 2.45) is 21.7 Å². The van der Waals surface area contributed by atoms with Crippen LogP contribution in [0, 0.1) is 35.5 Å². The second kappa shape index (κ2) is 30.7. The molecule has 84 heavy (non-hydrogen) atoms. The summed E-state index contributed by atoms with van der Waals surface area (Å²) in [5.74, 6) is -0.652. The molecule has 4 atom stereocenters. The summed E-state index contributed by atoms with van der Waals surface area (Å²) in [5.41, 5.74) is 1.36. The highest BCUT2D eigenvalue weighted by Gasteiger charge is 2.43. The first-order chi connectivity index (χ1) is 39.8. The first-order valence-electron chi connectivity index (χ1n) is 29.8. The number of aromatic nitrogens is 4. The van der Waals surface area contributed by atoms with Crippen molar-refractivity contribution in [2.45, 2.75) is 183 Å². The van der Waals surface area contributed by atoms with Gasteiger partial charge in [-0.05, 0) is 135 Å². The molecule has 22 nitrogen and oxygen atoms in total. The first-order valence-corrected chi connectivity index (χ1v) is 29.8. The number of ether oxygens (including phenoxy) is 2. The molecular weight excluding hydrogens is 1070 g/mol. The number of hydrogen-bond donors (Lipinski definition) is 10. The van der Waals surface area contributed by atoms with Crippen molar-refractivity contribution in [1.82, 2.24) is 41.2 Å². The fourth-order valence-electron chi connectivity index (χ4n) is 12.5. The predicted molar refractivity (Wildman–Crippen MR) is 325 cm³/mol. The number of urea groups is 4. The van der Waals surface area contributed by atoms with Crippen molar-refractivity contribution in [3.63, 3.8) is 0 Å². The van der Waals surface area contributed by atoms with E-state index >= 15 is 0 Å². The average molecular weight is 1160 g/mol. The van der Waals surface area contributed by atoms with E-state index in [2.05, 4.69) is 104 Å². The molecule has 2 heterocycles. The van der Waals surface area contributed by atoms with Gasteiger partial charge in [-0.3, -0.25) is 20.2 Å². The Balaban J connectivity index is 0.740. The van der Waals surface area contributed by atoms with Gasteiger partial charge in [0.15, 0.2) is 0 Å². The lowest BCUT2D eigenvalue weighted by Gasteiger charge is -2.46. The molecule has 4 aromatic rings. The zero-order chi connectivity index (χ0) is 60.9. The second-order valence-corrected chi connectivity index (χ2v) is 25.5. The van der Waals surface area contributed by atoms with Gasteiger partial charge in [-0.15, -0.1) is 0 Å². The third-order valence-electron chi connectivity index (χ3n) is 15.4. The van der Waals surface area contributed by atoms with Gasteiger partial charge in [-0.25, -0.2) is 28.8 Å². The zero-order valence-electron chi connectivity index (χ0n) is 50.5. The molecule has 2 fully saturated rings. The molecule has 458 valence electrons. The van der Waals surface area contributed by atoms with E-state index in [9.17, 15) is 38.4 Å². The lowest BCUT2D eigenvalue weighted by atomic mass is 9.62. The number of nitrogens with zero attached hydrogens (tertiary/aromatic N) is 2. The molecular formula is C62H90N12O10. The number of aryl methyl sites for hydroxylation is 2. The Hall–Kier alpha value is -7.78. The summed E-state index contributed by atoms with van der Waals surface area (Å²) in [5, 5.41) is 22.9. The summed E-state index contributed by atoms with van der Waals surface area (Å²) < 4.78 is 11.1. The Kier molecular flexibility index (Phi) is 23.9. The Labute approximate surface area is 493 Å². The SMILES string of the molecule is Cc1cc(=O)nc(NC(=O)NCC2(C)CC(NC(=O)Nc3ccc(C(=O)OCCCCCCCCCCCCCCOC(=O)c4ccc(NC(=O)NC5CC(C)(C)CC(C)(CNC(=O)Nc6nc(=O)cc(C)[nH]6)C5)cc4)cc3)CC(C)(C)C2)[nH]1. The summed E-state index contributed by atoms with van der Waals surface area (Å²) in [6, 6.07) is 14.0. The maximum absolute atomic E-state index is 13.1. The third-order valence-corrected chi connectivity index (χ3v) is 15.4. The van der Waals surface area contributed by atoms with Crippen LogP contribution >= 0.6 is 0 Å². The topological polar surface area (TPSA) is 309 Å². The first kappa shape index (κ1) is 65.4. The maximum Gasteiger partial charge on any atom is 0.338 e. The fraction of sp³-hybridized carbons (Fsp3) is 0.581. The van der Waals surface area contributed by atoms with Gasteiger partial charge in [0.25, 0.3) is 11.1 Å². The van der Waals surface area contributed by atoms with Gasteiger partial charge in [0.1, 0.15) is 0 Å². The molecule has 0 radical (unpaired) electrons. The molecule has 10 N–H and O–H groups in total. The van der Waals surface area contributed by atoms with Crippen molar-refractivity contribution >= 4 is 59.3 Å². The number of aromatic amines is 2. The van der Waals surface area contributed by atoms with Gasteiger partial charge >= 0.3 is 36.1 Å². The van der Waals surface area contributed by atoms with Crippen LogP contribution in [0.3, 0.4) is 0 Å². The second-order valence-electron chi connectivity index (χ2n) is 25.5. The molecule has 6 rings (SSSR count). The van der Waals surface area contributed by atoms with Gasteiger partial charge in [-0.1, -0.05) is 106 Å². The van der Waals surface area contributed by atoms with E-state index in [0.717, 1.165) is 77.0 Å². The molecule has 0 spiro atoms. The summed E-state index contributed by atoms with van der Waals surface area (Å²) in [6.45, 7) is 17.6. The van der Waals surface area contributed by atoms with Gasteiger partial charge in [0, 0.05) is 60.1 Å². The molecule has 0 bridgehead atoms. The monoisotopic (exact) mass is 1160 g/mol. The van der Waals surface area contributed by atoms with E-state index in [4.69, 9.17) is 9.47 Å². The molecule has 2 aliphatic carbocycles. The van der Waals surface area contributed by atoms with Crippen LogP contribution in [0.4, 0.5) is 42.4 Å². The van der Waals surface area contributed by atoms with Crippen molar-refractivity contribution < 1.29 is 38.2 Å². The van der Waals surface area contributed by atoms with Crippen LogP contribution in [-0.4, -0.2) is 94.4 Å². The standard InChI is InChI=1S/C62H90N12O10/c1-41-31-49(75)71-53(65-41)73-55(79)63-39-61(7)35-47(33-59(3,4)37-61)69-57(81)67-45-25-21-43(22-26-45)51(77)83-29-19-17-15-13-11-9-10-12-14-16-18-20-30-84-52(78)44-23-27-46(28-24-44)68-58(82)70-48-34-60(5,6)38-62(8,36-48)40-64-56(80)74-54-66-42(2)32-50(76)72-54/h21-28,31-32,47-48H,9-20,29-30,33-40H2,1-8H3,(H2,67,69,81)(H2,68,70,82)(H3,63,65,71,73,75,79)(H3,64,66,72,74,76,80). The van der Waals surface area contributed by atoms with Crippen molar-refractivity contribution in [2.75, 3.05) is 47.6 Å². The van der Waals surface area contributed by atoms with Crippen LogP contribution in [0.1, 0.15) is 189 Å². The van der Waals surface area contributed by atoms with Crippen LogP contribution in [0.15, 0.2) is 70.3 Å². The fourth-order valence-corrected chi connectivity index (χ4v) is 12.5. The summed E-state index contributed by atoms with van der Waals surface area (Å²) in [7, 11) is 0. The minimum Gasteiger partial charge on any atom is -0.462 e. The van der Waals surface area contributed by atoms with Crippen molar-refractivity contribution in [1.29, 1.82) is 0 Å². The molecule has 0 saturated heterocycles. The lowest BCUT2D eigenvalue weighted by molar-refractivity contribution is 0.0488. The van der Waals surface area contributed by atoms with E-state index in [-0.39, 0.29) is 57.7 Å². The van der Waals surface area contributed by atoms with E-state index in [1.165, 1.54) is 37.8 Å². The predicted octanol–water partition coefficient (Wildman–Crippen LogP) is 11.2. The number of anilines is 4. The molecule has 22 heteroatoms. The van der Waals surface area contributed by atoms with Crippen molar-refractivity contribution in [3.05, 3.63) is 104 Å². The van der Waals surface area contributed by atoms with E-state index in [1.807, 2.05) is 0 Å². The van der Waals surface area contributed by atoms with E-state index < -0.39 is 35.1 Å².